The molecule has 0 fully saturated rings. The third-order valence-corrected chi connectivity index (χ3v) is 4.06. The van der Waals surface area contributed by atoms with Gasteiger partial charge >= 0.3 is 0 Å². The smallest absolute Gasteiger partial charge is 0.269 e. The summed E-state index contributed by atoms with van der Waals surface area (Å²) in [5.74, 6) is 0.902. The maximum atomic E-state index is 12.1. The van der Waals surface area contributed by atoms with Crippen LogP contribution in [0, 0.1) is 10.1 Å². The number of rotatable bonds is 8. The lowest BCUT2D eigenvalue weighted by atomic mass is 9.97. The highest BCUT2D eigenvalue weighted by molar-refractivity contribution is 5.76. The Morgan fingerprint density at radius 3 is 2.36 bits per heavy atom. The summed E-state index contributed by atoms with van der Waals surface area (Å²) in [6.45, 7) is 2.52. The minimum atomic E-state index is -0.424. The van der Waals surface area contributed by atoms with Crippen molar-refractivity contribution in [1.29, 1.82) is 0 Å². The summed E-state index contributed by atoms with van der Waals surface area (Å²) in [6.07, 6.45) is 1.05. The van der Waals surface area contributed by atoms with E-state index in [0.29, 0.717) is 19.4 Å². The molecule has 1 amide bonds. The summed E-state index contributed by atoms with van der Waals surface area (Å²) in [4.78, 5) is 22.2. The number of benzene rings is 2. The summed E-state index contributed by atoms with van der Waals surface area (Å²) in [5.41, 5.74) is 2.11. The Labute approximate surface area is 147 Å². The van der Waals surface area contributed by atoms with Crippen molar-refractivity contribution in [2.75, 3.05) is 13.7 Å². The van der Waals surface area contributed by atoms with Gasteiger partial charge in [0.15, 0.2) is 0 Å². The predicted molar refractivity (Wildman–Crippen MR) is 95.8 cm³/mol. The third-order valence-electron chi connectivity index (χ3n) is 4.06. The summed E-state index contributed by atoms with van der Waals surface area (Å²) < 4.78 is 5.13. The number of amides is 1. The number of non-ortho nitro benzene ring substituents is 1. The molecule has 6 heteroatoms. The molecule has 0 aromatic heterocycles. The summed E-state index contributed by atoms with van der Waals surface area (Å²) in [5, 5.41) is 13.5. The minimum absolute atomic E-state index is 0.00905. The SMILES string of the molecule is COc1ccc(C(C)CC(=O)NCCc2ccc([N+](=O)[O-])cc2)cc1. The highest BCUT2D eigenvalue weighted by atomic mass is 16.6. The van der Waals surface area contributed by atoms with E-state index in [1.54, 1.807) is 19.2 Å². The maximum absolute atomic E-state index is 12.1. The molecule has 6 nitrogen and oxygen atoms in total. The lowest BCUT2D eigenvalue weighted by molar-refractivity contribution is -0.384. The molecule has 0 bridgehead atoms. The number of nitro groups is 1. The van der Waals surface area contributed by atoms with Gasteiger partial charge in [-0.15, -0.1) is 0 Å². The van der Waals surface area contributed by atoms with Crippen LogP contribution in [-0.4, -0.2) is 24.5 Å². The summed E-state index contributed by atoms with van der Waals surface area (Å²) in [7, 11) is 1.62. The fourth-order valence-corrected chi connectivity index (χ4v) is 2.53. The quantitative estimate of drug-likeness (QED) is 0.588. The van der Waals surface area contributed by atoms with Gasteiger partial charge in [0.2, 0.25) is 5.91 Å². The van der Waals surface area contributed by atoms with Crippen LogP contribution in [0.15, 0.2) is 48.5 Å². The van der Waals surface area contributed by atoms with Gasteiger partial charge in [-0.25, -0.2) is 0 Å². The lowest BCUT2D eigenvalue weighted by Gasteiger charge is -2.12. The first-order valence-corrected chi connectivity index (χ1v) is 8.13. The van der Waals surface area contributed by atoms with Crippen LogP contribution in [0.2, 0.25) is 0 Å². The van der Waals surface area contributed by atoms with Gasteiger partial charge in [-0.1, -0.05) is 31.2 Å². The number of carbonyl (C=O) groups is 1. The highest BCUT2D eigenvalue weighted by Gasteiger charge is 2.11. The number of methoxy groups -OCH3 is 1. The van der Waals surface area contributed by atoms with Crippen LogP contribution in [0.5, 0.6) is 5.75 Å². The van der Waals surface area contributed by atoms with Gasteiger partial charge in [0.1, 0.15) is 5.75 Å². The standard InChI is InChI=1S/C19H22N2O4/c1-14(16-5-9-18(25-2)10-6-16)13-19(22)20-12-11-15-3-7-17(8-4-15)21(23)24/h3-10,14H,11-13H2,1-2H3,(H,20,22). The Morgan fingerprint density at radius 1 is 1.16 bits per heavy atom. The molecule has 2 aromatic rings. The van der Waals surface area contributed by atoms with E-state index >= 15 is 0 Å². The molecule has 0 aliphatic carbocycles. The summed E-state index contributed by atoms with van der Waals surface area (Å²) >= 11 is 0. The van der Waals surface area contributed by atoms with Crippen molar-refractivity contribution in [3.8, 4) is 5.75 Å². The van der Waals surface area contributed by atoms with Crippen molar-refractivity contribution in [3.05, 3.63) is 69.8 Å². The summed E-state index contributed by atoms with van der Waals surface area (Å²) in [6, 6.07) is 14.1. The van der Waals surface area contributed by atoms with Gasteiger partial charge in [0.25, 0.3) is 5.69 Å². The van der Waals surface area contributed by atoms with Crippen LogP contribution in [0.3, 0.4) is 0 Å². The van der Waals surface area contributed by atoms with Crippen molar-refractivity contribution >= 4 is 11.6 Å². The van der Waals surface area contributed by atoms with E-state index in [0.717, 1.165) is 16.9 Å². The molecule has 2 aromatic carbocycles. The second kappa shape index (κ2) is 8.82. The van der Waals surface area contributed by atoms with Crippen LogP contribution in [0.1, 0.15) is 30.4 Å². The molecular formula is C19H22N2O4. The Kier molecular flexibility index (Phi) is 6.51. The molecule has 25 heavy (non-hydrogen) atoms. The monoisotopic (exact) mass is 342 g/mol. The van der Waals surface area contributed by atoms with Gasteiger partial charge in [0, 0.05) is 25.1 Å². The molecule has 0 heterocycles. The number of nitro benzene ring substituents is 1. The zero-order chi connectivity index (χ0) is 18.2. The molecule has 0 spiro atoms. The van der Waals surface area contributed by atoms with Crippen LogP contribution in [0.25, 0.3) is 0 Å². The van der Waals surface area contributed by atoms with Gasteiger partial charge < -0.3 is 10.1 Å². The largest absolute Gasteiger partial charge is 0.497 e. The molecule has 1 atom stereocenters. The van der Waals surface area contributed by atoms with Crippen molar-refractivity contribution in [1.82, 2.24) is 5.32 Å². The number of hydrogen-bond donors (Lipinski definition) is 1. The highest BCUT2D eigenvalue weighted by Crippen LogP contribution is 2.21. The van der Waals surface area contributed by atoms with E-state index in [9.17, 15) is 14.9 Å². The molecule has 0 aliphatic heterocycles. The molecule has 0 radical (unpaired) electrons. The van der Waals surface area contributed by atoms with Gasteiger partial charge in [-0.05, 0) is 35.6 Å². The third kappa shape index (κ3) is 5.60. The van der Waals surface area contributed by atoms with Gasteiger partial charge in [0.05, 0.1) is 12.0 Å². The number of nitrogens with one attached hydrogen (secondary N) is 1. The van der Waals surface area contributed by atoms with Gasteiger partial charge in [-0.3, -0.25) is 14.9 Å². The fourth-order valence-electron chi connectivity index (χ4n) is 2.53. The first-order chi connectivity index (χ1) is 12.0. The van der Waals surface area contributed by atoms with Crippen molar-refractivity contribution in [2.45, 2.75) is 25.7 Å². The molecular weight excluding hydrogens is 320 g/mol. The molecule has 0 saturated carbocycles. The normalized spacial score (nSPS) is 11.6. The van der Waals surface area contributed by atoms with E-state index in [4.69, 9.17) is 4.74 Å². The average molecular weight is 342 g/mol. The maximum Gasteiger partial charge on any atom is 0.269 e. The molecule has 0 aliphatic rings. The van der Waals surface area contributed by atoms with Crippen molar-refractivity contribution in [3.63, 3.8) is 0 Å². The molecule has 0 saturated heterocycles. The molecule has 1 N–H and O–H groups in total. The number of carbonyl (C=O) groups excluding carboxylic acids is 1. The Bertz CT molecular complexity index is 711. The topological polar surface area (TPSA) is 81.5 Å². The van der Waals surface area contributed by atoms with E-state index < -0.39 is 4.92 Å². The first-order valence-electron chi connectivity index (χ1n) is 8.13. The number of hydrogen-bond acceptors (Lipinski definition) is 4. The van der Waals surface area contributed by atoms with Crippen molar-refractivity contribution < 1.29 is 14.5 Å². The second-order valence-electron chi connectivity index (χ2n) is 5.90. The minimum Gasteiger partial charge on any atom is -0.497 e. The van der Waals surface area contributed by atoms with E-state index in [-0.39, 0.29) is 17.5 Å². The first kappa shape index (κ1) is 18.4. The zero-order valence-corrected chi connectivity index (χ0v) is 14.4. The molecule has 1 unspecified atom stereocenters. The second-order valence-corrected chi connectivity index (χ2v) is 5.90. The van der Waals surface area contributed by atoms with Crippen LogP contribution in [0.4, 0.5) is 5.69 Å². The van der Waals surface area contributed by atoms with E-state index in [1.807, 2.05) is 31.2 Å². The van der Waals surface area contributed by atoms with E-state index in [1.165, 1.54) is 12.1 Å². The Balaban J connectivity index is 1.76. The Morgan fingerprint density at radius 2 is 1.80 bits per heavy atom. The Hall–Kier alpha value is -2.89. The van der Waals surface area contributed by atoms with Crippen molar-refractivity contribution in [2.24, 2.45) is 0 Å². The molecule has 132 valence electrons. The number of ether oxygens (including phenoxy) is 1. The lowest BCUT2D eigenvalue weighted by Crippen LogP contribution is -2.26. The molecule has 2 rings (SSSR count). The fraction of sp³-hybridized carbons (Fsp3) is 0.316. The zero-order valence-electron chi connectivity index (χ0n) is 14.4. The predicted octanol–water partition coefficient (Wildman–Crippen LogP) is 3.46. The van der Waals surface area contributed by atoms with E-state index in [2.05, 4.69) is 5.32 Å². The van der Waals surface area contributed by atoms with Crippen LogP contribution < -0.4 is 10.1 Å². The van der Waals surface area contributed by atoms with Crippen LogP contribution >= 0.6 is 0 Å². The van der Waals surface area contributed by atoms with Crippen LogP contribution in [-0.2, 0) is 11.2 Å². The van der Waals surface area contributed by atoms with Gasteiger partial charge in [-0.2, -0.15) is 0 Å². The number of nitrogens with zero attached hydrogens (tertiary/aromatic N) is 1. The average Bonchev–Trinajstić information content (AvgIpc) is 2.62.